The van der Waals surface area contributed by atoms with Gasteiger partial charge >= 0.3 is 6.18 Å². The maximum absolute atomic E-state index is 12.6. The first-order chi connectivity index (χ1) is 11.8. The van der Waals surface area contributed by atoms with Crippen LogP contribution in [0.3, 0.4) is 0 Å². The van der Waals surface area contributed by atoms with Crippen LogP contribution < -0.4 is 10.6 Å². The Balaban J connectivity index is 1.96. The number of nitrogens with zero attached hydrogens (tertiary/aromatic N) is 2. The molecule has 1 aromatic heterocycles. The summed E-state index contributed by atoms with van der Waals surface area (Å²) in [6.07, 6.45) is -3.21. The van der Waals surface area contributed by atoms with Crippen molar-refractivity contribution in [3.8, 4) is 0 Å². The number of hydrogen-bond donors (Lipinski definition) is 2. The maximum Gasteiger partial charge on any atom is 0.416 e. The van der Waals surface area contributed by atoms with Crippen LogP contribution in [0.5, 0.6) is 0 Å². The van der Waals surface area contributed by atoms with Crippen LogP contribution in [0.15, 0.2) is 42.6 Å². The van der Waals surface area contributed by atoms with Crippen molar-refractivity contribution in [2.24, 2.45) is 0 Å². The number of carbonyl (C=O) groups is 1. The summed E-state index contributed by atoms with van der Waals surface area (Å²) in [5, 5.41) is 16.1. The summed E-state index contributed by atoms with van der Waals surface area (Å²) < 4.78 is 37.9. The van der Waals surface area contributed by atoms with Crippen molar-refractivity contribution in [1.82, 2.24) is 10.3 Å². The fourth-order valence-corrected chi connectivity index (χ4v) is 1.97. The van der Waals surface area contributed by atoms with Gasteiger partial charge in [0.05, 0.1) is 10.5 Å². The molecule has 0 aliphatic carbocycles. The molecule has 0 bridgehead atoms. The van der Waals surface area contributed by atoms with Crippen molar-refractivity contribution >= 4 is 17.3 Å². The summed E-state index contributed by atoms with van der Waals surface area (Å²) in [5.41, 5.74) is -1.65. The summed E-state index contributed by atoms with van der Waals surface area (Å²) in [4.78, 5) is 25.7. The van der Waals surface area contributed by atoms with Gasteiger partial charge in [-0.25, -0.2) is 0 Å². The zero-order valence-electron chi connectivity index (χ0n) is 12.7. The van der Waals surface area contributed by atoms with Crippen LogP contribution in [-0.2, 0) is 6.18 Å². The maximum atomic E-state index is 12.6. The predicted octanol–water partition coefficient (Wildman–Crippen LogP) is 2.85. The number of alkyl halides is 3. The standard InChI is InChI=1S/C15H13F3N4O3/c16-15(17,18)10-4-5-11(13(9-10)22(24)25)20-7-8-21-14(23)12-3-1-2-6-19-12/h1-6,9,20H,7-8H2,(H,21,23). The molecule has 1 aromatic carbocycles. The smallest absolute Gasteiger partial charge is 0.378 e. The number of anilines is 1. The van der Waals surface area contributed by atoms with Crippen molar-refractivity contribution in [2.45, 2.75) is 6.18 Å². The molecular formula is C15H13F3N4O3. The van der Waals surface area contributed by atoms with Crippen LogP contribution in [0.1, 0.15) is 16.1 Å². The van der Waals surface area contributed by atoms with Gasteiger partial charge in [-0.1, -0.05) is 6.07 Å². The molecule has 1 heterocycles. The van der Waals surface area contributed by atoms with Gasteiger partial charge in [0.25, 0.3) is 11.6 Å². The Hall–Kier alpha value is -3.17. The number of halogens is 3. The van der Waals surface area contributed by atoms with Crippen molar-refractivity contribution in [3.63, 3.8) is 0 Å². The average molecular weight is 354 g/mol. The lowest BCUT2D eigenvalue weighted by Gasteiger charge is -2.11. The number of nitro groups is 1. The molecular weight excluding hydrogens is 341 g/mol. The summed E-state index contributed by atoms with van der Waals surface area (Å²) in [7, 11) is 0. The zero-order chi connectivity index (χ0) is 18.4. The monoisotopic (exact) mass is 354 g/mol. The molecule has 2 N–H and O–H groups in total. The van der Waals surface area contributed by atoms with Gasteiger partial charge in [-0.05, 0) is 24.3 Å². The minimum Gasteiger partial charge on any atom is -0.378 e. The van der Waals surface area contributed by atoms with Crippen molar-refractivity contribution in [2.75, 3.05) is 18.4 Å². The molecule has 0 fully saturated rings. The number of aromatic nitrogens is 1. The van der Waals surface area contributed by atoms with E-state index in [0.29, 0.717) is 6.07 Å². The van der Waals surface area contributed by atoms with Gasteiger partial charge in [0.2, 0.25) is 0 Å². The van der Waals surface area contributed by atoms with Crippen LogP contribution in [0.25, 0.3) is 0 Å². The number of nitrogens with one attached hydrogen (secondary N) is 2. The van der Waals surface area contributed by atoms with Crippen LogP contribution in [-0.4, -0.2) is 28.9 Å². The Bertz CT molecular complexity index is 766. The summed E-state index contributed by atoms with van der Waals surface area (Å²) in [6.45, 7) is 0.193. The highest BCUT2D eigenvalue weighted by Gasteiger charge is 2.32. The topological polar surface area (TPSA) is 97.2 Å². The zero-order valence-corrected chi connectivity index (χ0v) is 12.7. The molecule has 1 amide bonds. The van der Waals surface area contributed by atoms with Gasteiger partial charge in [0.15, 0.2) is 0 Å². The number of nitro benzene ring substituents is 1. The van der Waals surface area contributed by atoms with Gasteiger partial charge in [0.1, 0.15) is 11.4 Å². The quantitative estimate of drug-likeness (QED) is 0.472. The van der Waals surface area contributed by atoms with Crippen molar-refractivity contribution in [3.05, 3.63) is 64.0 Å². The first kappa shape index (κ1) is 18.2. The number of rotatable bonds is 6. The second kappa shape index (κ2) is 7.60. The largest absolute Gasteiger partial charge is 0.416 e. The molecule has 0 aliphatic rings. The fraction of sp³-hybridized carbons (Fsp3) is 0.200. The Morgan fingerprint density at radius 2 is 1.96 bits per heavy atom. The van der Waals surface area contributed by atoms with Gasteiger partial charge in [0, 0.05) is 25.4 Å². The van der Waals surface area contributed by atoms with E-state index in [9.17, 15) is 28.1 Å². The third-order valence-electron chi connectivity index (χ3n) is 3.15. The van der Waals surface area contributed by atoms with Crippen molar-refractivity contribution in [1.29, 1.82) is 0 Å². The number of hydrogen-bond acceptors (Lipinski definition) is 5. The lowest BCUT2D eigenvalue weighted by Crippen LogP contribution is -2.29. The molecule has 0 atom stereocenters. The van der Waals surface area contributed by atoms with Crippen LogP contribution in [0.2, 0.25) is 0 Å². The minimum absolute atomic E-state index is 0.0647. The van der Waals surface area contributed by atoms with Crippen LogP contribution in [0, 0.1) is 10.1 Å². The second-order valence-electron chi connectivity index (χ2n) is 4.88. The van der Waals surface area contributed by atoms with E-state index in [0.717, 1.165) is 12.1 Å². The highest BCUT2D eigenvalue weighted by atomic mass is 19.4. The van der Waals surface area contributed by atoms with E-state index in [1.807, 2.05) is 0 Å². The number of carbonyl (C=O) groups excluding carboxylic acids is 1. The van der Waals surface area contributed by atoms with E-state index in [2.05, 4.69) is 15.6 Å². The highest BCUT2D eigenvalue weighted by molar-refractivity contribution is 5.92. The van der Waals surface area contributed by atoms with E-state index in [1.165, 1.54) is 12.3 Å². The molecule has 0 saturated heterocycles. The molecule has 0 unspecified atom stereocenters. The molecule has 132 valence electrons. The minimum atomic E-state index is -4.67. The van der Waals surface area contributed by atoms with Crippen molar-refractivity contribution < 1.29 is 22.9 Å². The molecule has 2 aromatic rings. The third-order valence-corrected chi connectivity index (χ3v) is 3.15. The van der Waals surface area contributed by atoms with E-state index in [4.69, 9.17) is 0 Å². The normalized spacial score (nSPS) is 11.0. The molecule has 10 heteroatoms. The SMILES string of the molecule is O=C(NCCNc1ccc(C(F)(F)F)cc1[N+](=O)[O-])c1ccccn1. The molecule has 0 radical (unpaired) electrons. The molecule has 7 nitrogen and oxygen atoms in total. The van der Waals surface area contributed by atoms with Crippen LogP contribution in [0.4, 0.5) is 24.5 Å². The van der Waals surface area contributed by atoms with E-state index >= 15 is 0 Å². The number of pyridine rings is 1. The average Bonchev–Trinajstić information content (AvgIpc) is 2.58. The second-order valence-corrected chi connectivity index (χ2v) is 4.88. The third kappa shape index (κ3) is 4.90. The van der Waals surface area contributed by atoms with E-state index in [-0.39, 0.29) is 24.5 Å². The summed E-state index contributed by atoms with van der Waals surface area (Å²) >= 11 is 0. The van der Waals surface area contributed by atoms with E-state index in [1.54, 1.807) is 12.1 Å². The van der Waals surface area contributed by atoms with Gasteiger partial charge in [-0.15, -0.1) is 0 Å². The predicted molar refractivity (Wildman–Crippen MR) is 83.2 cm³/mol. The molecule has 0 aliphatic heterocycles. The summed E-state index contributed by atoms with van der Waals surface area (Å²) in [6, 6.07) is 7.02. The molecule has 0 saturated carbocycles. The summed E-state index contributed by atoms with van der Waals surface area (Å²) in [5.74, 6) is -0.427. The highest BCUT2D eigenvalue weighted by Crippen LogP contribution is 2.34. The molecule has 0 spiro atoms. The first-order valence-electron chi connectivity index (χ1n) is 7.08. The van der Waals surface area contributed by atoms with Gasteiger partial charge < -0.3 is 10.6 Å². The van der Waals surface area contributed by atoms with Gasteiger partial charge in [-0.2, -0.15) is 13.2 Å². The lowest BCUT2D eigenvalue weighted by molar-refractivity contribution is -0.384. The first-order valence-corrected chi connectivity index (χ1v) is 7.08. The number of amides is 1. The Kier molecular flexibility index (Phi) is 5.52. The van der Waals surface area contributed by atoms with Gasteiger partial charge in [-0.3, -0.25) is 19.9 Å². The Morgan fingerprint density at radius 1 is 1.20 bits per heavy atom. The Morgan fingerprint density at radius 3 is 2.56 bits per heavy atom. The Labute approximate surface area is 140 Å². The molecule has 25 heavy (non-hydrogen) atoms. The number of benzene rings is 1. The van der Waals surface area contributed by atoms with Crippen LogP contribution >= 0.6 is 0 Å². The van der Waals surface area contributed by atoms with E-state index < -0.39 is 28.3 Å². The fourth-order valence-electron chi connectivity index (χ4n) is 1.97. The molecule has 2 rings (SSSR count). The lowest BCUT2D eigenvalue weighted by atomic mass is 10.1.